The van der Waals surface area contributed by atoms with Gasteiger partial charge < -0.3 is 15.4 Å². The fourth-order valence-corrected chi connectivity index (χ4v) is 2.25. The Labute approximate surface area is 151 Å². The van der Waals surface area contributed by atoms with E-state index in [1.54, 1.807) is 24.3 Å². The van der Waals surface area contributed by atoms with E-state index < -0.39 is 29.7 Å². The quantitative estimate of drug-likeness (QED) is 0.669. The molecule has 2 aromatic carbocycles. The Bertz CT molecular complexity index is 752. The molecule has 2 N–H and O–H groups in total. The number of halogens is 5. The lowest BCUT2D eigenvalue weighted by Crippen LogP contribution is -2.39. The van der Waals surface area contributed by atoms with Crippen molar-refractivity contribution in [3.8, 4) is 5.75 Å². The minimum Gasteiger partial charge on any atom is -0.471 e. The number of urea groups is 1. The van der Waals surface area contributed by atoms with Gasteiger partial charge in [0, 0.05) is 10.0 Å². The van der Waals surface area contributed by atoms with Gasteiger partial charge >= 0.3 is 12.2 Å². The standard InChI is InChI=1S/C16H13Cl2F3N2O2/c1-9(25-12-5-2-10(17)3-6-12)22-15(24)23-14-7-4-11(18)8-13(14)16(19,20)21/h2-9H,1H3,(H2,22,23,24). The van der Waals surface area contributed by atoms with Gasteiger partial charge in [-0.1, -0.05) is 23.2 Å². The van der Waals surface area contributed by atoms with Crippen LogP contribution in [0.4, 0.5) is 23.7 Å². The van der Waals surface area contributed by atoms with Gasteiger partial charge in [-0.25, -0.2) is 4.79 Å². The summed E-state index contributed by atoms with van der Waals surface area (Å²) in [7, 11) is 0. The van der Waals surface area contributed by atoms with E-state index >= 15 is 0 Å². The monoisotopic (exact) mass is 392 g/mol. The van der Waals surface area contributed by atoms with Crippen LogP contribution in [-0.2, 0) is 6.18 Å². The predicted octanol–water partition coefficient (Wildman–Crippen LogP) is 5.56. The van der Waals surface area contributed by atoms with Crippen molar-refractivity contribution < 1.29 is 22.7 Å². The zero-order valence-corrected chi connectivity index (χ0v) is 14.3. The Hall–Kier alpha value is -2.12. The van der Waals surface area contributed by atoms with Crippen LogP contribution >= 0.6 is 23.2 Å². The molecule has 134 valence electrons. The molecule has 25 heavy (non-hydrogen) atoms. The largest absolute Gasteiger partial charge is 0.471 e. The number of amides is 2. The van der Waals surface area contributed by atoms with E-state index in [9.17, 15) is 18.0 Å². The van der Waals surface area contributed by atoms with Crippen LogP contribution in [0.2, 0.25) is 10.0 Å². The van der Waals surface area contributed by atoms with Gasteiger partial charge in [-0.05, 0) is 49.4 Å². The van der Waals surface area contributed by atoms with Crippen LogP contribution < -0.4 is 15.4 Å². The molecule has 0 heterocycles. The van der Waals surface area contributed by atoms with E-state index in [1.807, 2.05) is 0 Å². The summed E-state index contributed by atoms with van der Waals surface area (Å²) in [6.07, 6.45) is -5.44. The van der Waals surface area contributed by atoms with Gasteiger partial charge in [0.25, 0.3) is 0 Å². The van der Waals surface area contributed by atoms with Crippen molar-refractivity contribution in [1.29, 1.82) is 0 Å². The van der Waals surface area contributed by atoms with Crippen LogP contribution in [-0.4, -0.2) is 12.3 Å². The summed E-state index contributed by atoms with van der Waals surface area (Å²) < 4.78 is 44.4. The van der Waals surface area contributed by atoms with Gasteiger partial charge in [0.1, 0.15) is 5.75 Å². The molecule has 0 saturated heterocycles. The maximum Gasteiger partial charge on any atom is 0.418 e. The first-order valence-electron chi connectivity index (χ1n) is 7.01. The van der Waals surface area contributed by atoms with Crippen LogP contribution in [0.5, 0.6) is 5.75 Å². The molecule has 0 spiro atoms. The molecule has 2 aromatic rings. The molecule has 0 aliphatic rings. The van der Waals surface area contributed by atoms with Crippen molar-refractivity contribution in [2.24, 2.45) is 0 Å². The Balaban J connectivity index is 2.01. The van der Waals surface area contributed by atoms with Crippen molar-refractivity contribution in [3.63, 3.8) is 0 Å². The van der Waals surface area contributed by atoms with Crippen LogP contribution in [0, 0.1) is 0 Å². The molecule has 0 bridgehead atoms. The number of benzene rings is 2. The predicted molar refractivity (Wildman–Crippen MR) is 90.2 cm³/mol. The lowest BCUT2D eigenvalue weighted by atomic mass is 10.1. The van der Waals surface area contributed by atoms with Gasteiger partial charge in [-0.3, -0.25) is 0 Å². The first-order valence-corrected chi connectivity index (χ1v) is 7.77. The summed E-state index contributed by atoms with van der Waals surface area (Å²) in [5, 5.41) is 4.96. The molecule has 4 nitrogen and oxygen atoms in total. The van der Waals surface area contributed by atoms with Crippen molar-refractivity contribution in [1.82, 2.24) is 5.32 Å². The molecule has 2 amide bonds. The highest BCUT2D eigenvalue weighted by atomic mass is 35.5. The second kappa shape index (κ2) is 7.84. The number of rotatable bonds is 4. The van der Waals surface area contributed by atoms with E-state index in [2.05, 4.69) is 10.6 Å². The third-order valence-electron chi connectivity index (χ3n) is 3.00. The SMILES string of the molecule is CC(NC(=O)Nc1ccc(Cl)cc1C(F)(F)F)Oc1ccc(Cl)cc1. The smallest absolute Gasteiger partial charge is 0.418 e. The van der Waals surface area contributed by atoms with Gasteiger partial charge in [0.05, 0.1) is 11.3 Å². The highest BCUT2D eigenvalue weighted by Crippen LogP contribution is 2.36. The van der Waals surface area contributed by atoms with E-state index in [-0.39, 0.29) is 5.02 Å². The molecule has 0 aliphatic heterocycles. The Morgan fingerprint density at radius 2 is 1.68 bits per heavy atom. The summed E-state index contributed by atoms with van der Waals surface area (Å²) in [6, 6.07) is 8.62. The van der Waals surface area contributed by atoms with Gasteiger partial charge in [-0.2, -0.15) is 13.2 Å². The normalized spacial score (nSPS) is 12.4. The molecule has 1 unspecified atom stereocenters. The van der Waals surface area contributed by atoms with Crippen molar-refractivity contribution in [3.05, 3.63) is 58.1 Å². The maximum absolute atomic E-state index is 13.0. The number of alkyl halides is 3. The second-order valence-electron chi connectivity index (χ2n) is 5.00. The van der Waals surface area contributed by atoms with Crippen molar-refractivity contribution in [2.75, 3.05) is 5.32 Å². The maximum atomic E-state index is 13.0. The van der Waals surface area contributed by atoms with Gasteiger partial charge in [-0.15, -0.1) is 0 Å². The minimum absolute atomic E-state index is 0.0854. The number of nitrogens with one attached hydrogen (secondary N) is 2. The van der Waals surface area contributed by atoms with Crippen LogP contribution in [0.25, 0.3) is 0 Å². The molecule has 9 heteroatoms. The molecule has 0 aliphatic carbocycles. The van der Waals surface area contributed by atoms with E-state index in [0.717, 1.165) is 12.1 Å². The van der Waals surface area contributed by atoms with Gasteiger partial charge in [0.2, 0.25) is 0 Å². The Morgan fingerprint density at radius 1 is 1.08 bits per heavy atom. The fraction of sp³-hybridized carbons (Fsp3) is 0.188. The molecule has 0 fully saturated rings. The topological polar surface area (TPSA) is 50.4 Å². The zero-order valence-electron chi connectivity index (χ0n) is 12.8. The van der Waals surface area contributed by atoms with Crippen molar-refractivity contribution >= 4 is 34.9 Å². The number of hydrogen-bond donors (Lipinski definition) is 2. The van der Waals surface area contributed by atoms with E-state index in [1.165, 1.54) is 13.0 Å². The number of anilines is 1. The zero-order chi connectivity index (χ0) is 18.6. The van der Waals surface area contributed by atoms with E-state index in [4.69, 9.17) is 27.9 Å². The van der Waals surface area contributed by atoms with Crippen LogP contribution in [0.1, 0.15) is 12.5 Å². The van der Waals surface area contributed by atoms with Crippen LogP contribution in [0.15, 0.2) is 42.5 Å². The molecule has 2 rings (SSSR count). The third kappa shape index (κ3) is 5.72. The Morgan fingerprint density at radius 3 is 2.28 bits per heavy atom. The van der Waals surface area contributed by atoms with Crippen molar-refractivity contribution in [2.45, 2.75) is 19.3 Å². The lowest BCUT2D eigenvalue weighted by molar-refractivity contribution is -0.136. The minimum atomic E-state index is -4.65. The molecule has 0 radical (unpaired) electrons. The fourth-order valence-electron chi connectivity index (χ4n) is 1.95. The summed E-state index contributed by atoms with van der Waals surface area (Å²) >= 11 is 11.3. The van der Waals surface area contributed by atoms with Gasteiger partial charge in [0.15, 0.2) is 6.23 Å². The molecular formula is C16H13Cl2F3N2O2. The number of carbonyl (C=O) groups excluding carboxylic acids is 1. The molecule has 0 saturated carbocycles. The average Bonchev–Trinajstić information content (AvgIpc) is 2.50. The highest BCUT2D eigenvalue weighted by Gasteiger charge is 2.34. The molecular weight excluding hydrogens is 380 g/mol. The number of carbonyl (C=O) groups is 1. The number of hydrogen-bond acceptors (Lipinski definition) is 2. The third-order valence-corrected chi connectivity index (χ3v) is 3.48. The van der Waals surface area contributed by atoms with E-state index in [0.29, 0.717) is 10.8 Å². The average molecular weight is 393 g/mol. The highest BCUT2D eigenvalue weighted by molar-refractivity contribution is 6.31. The first-order chi connectivity index (χ1) is 11.6. The summed E-state index contributed by atoms with van der Waals surface area (Å²) in [5.41, 5.74) is -1.45. The summed E-state index contributed by atoms with van der Waals surface area (Å²) in [5.74, 6) is 0.444. The second-order valence-corrected chi connectivity index (χ2v) is 5.87. The molecule has 0 aromatic heterocycles. The lowest BCUT2D eigenvalue weighted by Gasteiger charge is -2.18. The van der Waals surface area contributed by atoms with Crippen LogP contribution in [0.3, 0.4) is 0 Å². The molecule has 1 atom stereocenters. The number of ether oxygens (including phenoxy) is 1. The summed E-state index contributed by atoms with van der Waals surface area (Å²) in [4.78, 5) is 11.9. The summed E-state index contributed by atoms with van der Waals surface area (Å²) in [6.45, 7) is 1.53. The Kier molecular flexibility index (Phi) is 6.02. The first kappa shape index (κ1) is 19.2.